The maximum atomic E-state index is 13.6. The van der Waals surface area contributed by atoms with Crippen LogP contribution in [0, 0.1) is 0 Å². The fraction of sp³-hybridized carbons (Fsp3) is 0.375. The van der Waals surface area contributed by atoms with E-state index >= 15 is 0 Å². The van der Waals surface area contributed by atoms with Gasteiger partial charge in [-0.3, -0.25) is 9.59 Å². The molecule has 12 heteroatoms. The van der Waals surface area contributed by atoms with Gasteiger partial charge in [0.05, 0.1) is 13.1 Å². The van der Waals surface area contributed by atoms with Gasteiger partial charge in [0.1, 0.15) is 12.2 Å². The van der Waals surface area contributed by atoms with E-state index in [9.17, 15) is 14.4 Å². The second-order valence-corrected chi connectivity index (χ2v) is 10.8. The quantitative estimate of drug-likeness (QED) is 0.540. The number of rotatable bonds is 7. The molecule has 2 heterocycles. The molecule has 2 aromatic carbocycles. The van der Waals surface area contributed by atoms with E-state index in [0.29, 0.717) is 28.8 Å². The molecule has 0 aromatic heterocycles. The smallest absolute Gasteiger partial charge is 0.333 e. The van der Waals surface area contributed by atoms with Crippen LogP contribution in [0.3, 0.4) is 0 Å². The topological polar surface area (TPSA) is 76.2 Å². The van der Waals surface area contributed by atoms with Gasteiger partial charge in [-0.25, -0.2) is 14.8 Å². The molecule has 4 rings (SSSR count). The average molecular weight is 571 g/mol. The molecule has 0 radical (unpaired) electrons. The number of hydrazine groups is 1. The minimum atomic E-state index is -0.744. The molecular weight excluding hydrogens is 545 g/mol. The first-order chi connectivity index (χ1) is 17.3. The predicted octanol–water partition coefficient (Wildman–Crippen LogP) is 4.21. The van der Waals surface area contributed by atoms with Crippen LogP contribution in [0.5, 0.6) is 0 Å². The van der Waals surface area contributed by atoms with Crippen LogP contribution in [-0.4, -0.2) is 75.8 Å². The first kappa shape index (κ1) is 26.9. The van der Waals surface area contributed by atoms with E-state index < -0.39 is 12.2 Å². The number of hydrogen-bond acceptors (Lipinski definition) is 5. The van der Waals surface area contributed by atoms with Crippen LogP contribution >= 0.6 is 44.9 Å². The lowest BCUT2D eigenvalue weighted by Crippen LogP contribution is -2.75. The first-order valence-electron chi connectivity index (χ1n) is 11.4. The molecule has 0 aliphatic carbocycles. The SMILES string of the molecule is CN1CC(=O)N2[C@@H](CCSCl)C(=O)N(Cc3ccc(Cl)cc3Cl)C[C@@H]2N1C(=O)NCc1ccccc1. The summed E-state index contributed by atoms with van der Waals surface area (Å²) in [5.41, 5.74) is 1.68. The minimum Gasteiger partial charge on any atom is -0.333 e. The maximum Gasteiger partial charge on any atom is 0.334 e. The van der Waals surface area contributed by atoms with Crippen molar-refractivity contribution in [3.8, 4) is 0 Å². The molecule has 0 saturated carbocycles. The highest BCUT2D eigenvalue weighted by atomic mass is 35.7. The van der Waals surface area contributed by atoms with Crippen molar-refractivity contribution in [2.45, 2.75) is 31.7 Å². The number of halogens is 3. The molecule has 1 N–H and O–H groups in total. The summed E-state index contributed by atoms with van der Waals surface area (Å²) in [7, 11) is 8.64. The van der Waals surface area contributed by atoms with E-state index in [4.69, 9.17) is 33.9 Å². The molecule has 36 heavy (non-hydrogen) atoms. The zero-order valence-corrected chi connectivity index (χ0v) is 22.7. The summed E-state index contributed by atoms with van der Waals surface area (Å²) in [6.45, 7) is 0.675. The van der Waals surface area contributed by atoms with Crippen LogP contribution in [0.25, 0.3) is 0 Å². The molecule has 0 unspecified atom stereocenters. The predicted molar refractivity (Wildman–Crippen MR) is 142 cm³/mol. The van der Waals surface area contributed by atoms with Crippen molar-refractivity contribution in [3.05, 3.63) is 69.7 Å². The number of fused-ring (bicyclic) bond motifs is 1. The van der Waals surface area contributed by atoms with Gasteiger partial charge in [-0.15, -0.1) is 0 Å². The summed E-state index contributed by atoms with van der Waals surface area (Å²) < 4.78 is 0. The fourth-order valence-corrected chi connectivity index (χ4v) is 5.64. The Hall–Kier alpha value is -2.17. The van der Waals surface area contributed by atoms with E-state index in [2.05, 4.69) is 5.32 Å². The lowest BCUT2D eigenvalue weighted by atomic mass is 10.0. The van der Waals surface area contributed by atoms with Crippen LogP contribution in [0.15, 0.2) is 48.5 Å². The molecular formula is C24H26Cl3N5O3S. The van der Waals surface area contributed by atoms with Crippen molar-refractivity contribution in [1.29, 1.82) is 0 Å². The third kappa shape index (κ3) is 5.86. The number of amides is 4. The van der Waals surface area contributed by atoms with Crippen molar-refractivity contribution in [3.63, 3.8) is 0 Å². The van der Waals surface area contributed by atoms with Crippen molar-refractivity contribution in [2.75, 3.05) is 25.9 Å². The highest BCUT2D eigenvalue weighted by Crippen LogP contribution is 2.30. The van der Waals surface area contributed by atoms with Crippen molar-refractivity contribution >= 4 is 62.7 Å². The molecule has 192 valence electrons. The molecule has 4 amide bonds. The monoisotopic (exact) mass is 569 g/mol. The van der Waals surface area contributed by atoms with E-state index in [1.807, 2.05) is 30.3 Å². The number of benzene rings is 2. The Bertz CT molecular complexity index is 1130. The van der Waals surface area contributed by atoms with E-state index in [1.165, 1.54) is 9.91 Å². The Morgan fingerprint density at radius 2 is 1.89 bits per heavy atom. The Morgan fingerprint density at radius 3 is 2.58 bits per heavy atom. The van der Waals surface area contributed by atoms with Crippen molar-refractivity contribution in [2.24, 2.45) is 0 Å². The number of piperazine rings is 1. The Labute approximate surface area is 228 Å². The standard InChI is InChI=1S/C24H26Cl3N5O3S/c1-29-15-22(33)31-20(9-10-36-27)23(34)30(13-17-7-8-18(25)11-19(17)26)14-21(31)32(29)24(35)28-12-16-5-3-2-4-6-16/h2-8,11,20-21H,9-10,12-15H2,1H3,(H,28,35)/t20-,21-/m0/s1. The highest BCUT2D eigenvalue weighted by Gasteiger charge is 2.50. The van der Waals surface area contributed by atoms with Crippen LogP contribution in [0.2, 0.25) is 10.0 Å². The summed E-state index contributed by atoms with van der Waals surface area (Å²) in [6, 6.07) is 13.6. The number of hydrogen-bond donors (Lipinski definition) is 1. The lowest BCUT2D eigenvalue weighted by Gasteiger charge is -2.54. The Balaban J connectivity index is 1.61. The number of carbonyl (C=O) groups is 3. The van der Waals surface area contributed by atoms with Crippen LogP contribution in [-0.2, 0) is 22.7 Å². The first-order valence-corrected chi connectivity index (χ1v) is 14.0. The van der Waals surface area contributed by atoms with Gasteiger partial charge in [0.2, 0.25) is 11.8 Å². The second-order valence-electron chi connectivity index (χ2n) is 8.66. The molecule has 2 fully saturated rings. The van der Waals surface area contributed by atoms with Gasteiger partial charge in [-0.05, 0) is 40.4 Å². The highest BCUT2D eigenvalue weighted by molar-refractivity contribution is 8.21. The van der Waals surface area contributed by atoms with Gasteiger partial charge >= 0.3 is 6.03 Å². The molecule has 0 bridgehead atoms. The van der Waals surface area contributed by atoms with Crippen LogP contribution in [0.4, 0.5) is 4.79 Å². The van der Waals surface area contributed by atoms with Gasteiger partial charge < -0.3 is 15.1 Å². The van der Waals surface area contributed by atoms with Gasteiger partial charge in [-0.1, -0.05) is 70.6 Å². The molecule has 0 spiro atoms. The van der Waals surface area contributed by atoms with Gasteiger partial charge in [-0.2, -0.15) is 0 Å². The van der Waals surface area contributed by atoms with Gasteiger partial charge in [0.15, 0.2) is 0 Å². The molecule has 2 atom stereocenters. The molecule has 2 aliphatic rings. The lowest BCUT2D eigenvalue weighted by molar-refractivity contribution is -0.187. The summed E-state index contributed by atoms with van der Waals surface area (Å²) in [4.78, 5) is 43.3. The largest absolute Gasteiger partial charge is 0.334 e. The summed E-state index contributed by atoms with van der Waals surface area (Å²) in [6.07, 6.45) is -0.315. The summed E-state index contributed by atoms with van der Waals surface area (Å²) in [5.74, 6) is 0.0577. The zero-order chi connectivity index (χ0) is 25.8. The third-order valence-corrected chi connectivity index (χ3v) is 7.72. The van der Waals surface area contributed by atoms with Gasteiger partial charge in [0, 0.05) is 35.9 Å². The molecule has 2 aromatic rings. The fourth-order valence-electron chi connectivity index (χ4n) is 4.59. The van der Waals surface area contributed by atoms with E-state index in [0.717, 1.165) is 22.1 Å². The third-order valence-electron chi connectivity index (χ3n) is 6.28. The Morgan fingerprint density at radius 1 is 1.14 bits per heavy atom. The van der Waals surface area contributed by atoms with Gasteiger partial charge in [0.25, 0.3) is 0 Å². The average Bonchev–Trinajstić information content (AvgIpc) is 2.85. The minimum absolute atomic E-state index is 0.0178. The molecule has 2 aliphatic heterocycles. The van der Waals surface area contributed by atoms with E-state index in [1.54, 1.807) is 35.2 Å². The number of urea groups is 1. The number of nitrogens with zero attached hydrogens (tertiary/aromatic N) is 4. The molecule has 8 nitrogen and oxygen atoms in total. The molecule has 2 saturated heterocycles. The number of nitrogens with one attached hydrogen (secondary N) is 1. The number of carbonyl (C=O) groups excluding carboxylic acids is 3. The Kier molecular flexibility index (Phi) is 8.90. The van der Waals surface area contributed by atoms with E-state index in [-0.39, 0.29) is 37.5 Å². The van der Waals surface area contributed by atoms with Crippen molar-refractivity contribution in [1.82, 2.24) is 25.1 Å². The van der Waals surface area contributed by atoms with Crippen LogP contribution in [0.1, 0.15) is 17.5 Å². The normalized spacial score (nSPS) is 20.5. The summed E-state index contributed by atoms with van der Waals surface area (Å²) >= 11 is 12.4. The van der Waals surface area contributed by atoms with Crippen LogP contribution < -0.4 is 5.32 Å². The zero-order valence-electron chi connectivity index (χ0n) is 19.6. The second kappa shape index (κ2) is 11.9. The van der Waals surface area contributed by atoms with Crippen molar-refractivity contribution < 1.29 is 14.4 Å². The maximum absolute atomic E-state index is 13.6. The summed E-state index contributed by atoms with van der Waals surface area (Å²) in [5, 5.41) is 7.00. The number of likely N-dealkylation sites (N-methyl/N-ethyl adjacent to an activating group) is 1.